The first kappa shape index (κ1) is 17.4. The molecule has 0 rings (SSSR count). The second-order valence-electron chi connectivity index (χ2n) is 5.06. The summed E-state index contributed by atoms with van der Waals surface area (Å²) in [6.07, 6.45) is 4.89. The average Bonchev–Trinajstić information content (AvgIpc) is 2.31. The summed E-state index contributed by atoms with van der Waals surface area (Å²) in [6.45, 7) is 6.72. The molecule has 18 heavy (non-hydrogen) atoms. The van der Waals surface area contributed by atoms with Crippen molar-refractivity contribution in [2.45, 2.75) is 52.0 Å². The summed E-state index contributed by atoms with van der Waals surface area (Å²) in [4.78, 5) is 13.3. The minimum Gasteiger partial charge on any atom is -0.466 e. The first-order chi connectivity index (χ1) is 8.56. The first-order valence-electron chi connectivity index (χ1n) is 7.10. The first-order valence-corrected chi connectivity index (χ1v) is 7.10. The van der Waals surface area contributed by atoms with Gasteiger partial charge in [0.25, 0.3) is 0 Å². The van der Waals surface area contributed by atoms with Crippen LogP contribution in [0.1, 0.15) is 46.0 Å². The lowest BCUT2D eigenvalue weighted by Crippen LogP contribution is -2.30. The molecule has 0 fully saturated rings. The summed E-state index contributed by atoms with van der Waals surface area (Å²) in [7, 11) is 4.20. The second-order valence-corrected chi connectivity index (χ2v) is 5.06. The highest BCUT2D eigenvalue weighted by atomic mass is 16.5. The molecule has 0 aliphatic rings. The summed E-state index contributed by atoms with van der Waals surface area (Å²) < 4.78 is 4.88. The number of hydrogen-bond donors (Lipinski definition) is 1. The minimum atomic E-state index is -0.0650. The maximum Gasteiger partial charge on any atom is 0.305 e. The fourth-order valence-corrected chi connectivity index (χ4v) is 1.71. The van der Waals surface area contributed by atoms with Crippen LogP contribution in [0.5, 0.6) is 0 Å². The van der Waals surface area contributed by atoms with Crippen LogP contribution in [0.15, 0.2) is 0 Å². The molecule has 4 nitrogen and oxygen atoms in total. The molecule has 0 aliphatic heterocycles. The number of ether oxygens (including phenoxy) is 1. The maximum absolute atomic E-state index is 11.1. The number of carbonyl (C=O) groups excluding carboxylic acids is 1. The van der Waals surface area contributed by atoms with Crippen LogP contribution >= 0.6 is 0 Å². The number of nitrogens with one attached hydrogen (secondary N) is 1. The Kier molecular flexibility index (Phi) is 11.1. The van der Waals surface area contributed by atoms with Gasteiger partial charge >= 0.3 is 5.97 Å². The monoisotopic (exact) mass is 258 g/mol. The molecule has 4 heteroatoms. The zero-order chi connectivity index (χ0) is 13.8. The maximum atomic E-state index is 11.1. The molecule has 0 radical (unpaired) electrons. The molecular weight excluding hydrogens is 228 g/mol. The Morgan fingerprint density at radius 2 is 2.00 bits per heavy atom. The molecule has 0 bridgehead atoms. The van der Waals surface area contributed by atoms with Crippen molar-refractivity contribution in [1.82, 2.24) is 10.2 Å². The fourth-order valence-electron chi connectivity index (χ4n) is 1.71. The van der Waals surface area contributed by atoms with Crippen LogP contribution in [0.3, 0.4) is 0 Å². The second kappa shape index (κ2) is 11.5. The van der Waals surface area contributed by atoms with Gasteiger partial charge in [-0.1, -0.05) is 6.42 Å². The largest absolute Gasteiger partial charge is 0.466 e. The zero-order valence-electron chi connectivity index (χ0n) is 12.5. The molecule has 1 N–H and O–H groups in total. The minimum absolute atomic E-state index is 0.0650. The number of unbranched alkanes of at least 4 members (excludes halogenated alkanes) is 2. The number of nitrogens with zero attached hydrogens (tertiary/aromatic N) is 1. The van der Waals surface area contributed by atoms with E-state index in [2.05, 4.69) is 31.2 Å². The normalized spacial score (nSPS) is 12.7. The highest BCUT2D eigenvalue weighted by Gasteiger charge is 2.03. The van der Waals surface area contributed by atoms with Gasteiger partial charge in [-0.05, 0) is 60.3 Å². The molecule has 0 heterocycles. The third-order valence-corrected chi connectivity index (χ3v) is 2.87. The Bertz CT molecular complexity index is 208. The summed E-state index contributed by atoms with van der Waals surface area (Å²) in [5.74, 6) is -0.0650. The van der Waals surface area contributed by atoms with E-state index < -0.39 is 0 Å². The van der Waals surface area contributed by atoms with Gasteiger partial charge in [0.1, 0.15) is 0 Å². The number of rotatable bonds is 11. The molecule has 0 spiro atoms. The van der Waals surface area contributed by atoms with E-state index in [-0.39, 0.29) is 5.97 Å². The Labute approximate surface area is 112 Å². The van der Waals surface area contributed by atoms with Gasteiger partial charge in [0.15, 0.2) is 0 Å². The van der Waals surface area contributed by atoms with Crippen molar-refractivity contribution in [3.8, 4) is 0 Å². The molecule has 0 aromatic carbocycles. The number of carbonyl (C=O) groups is 1. The highest BCUT2D eigenvalue weighted by Crippen LogP contribution is 2.01. The average molecular weight is 258 g/mol. The van der Waals surface area contributed by atoms with Gasteiger partial charge in [-0.25, -0.2) is 0 Å². The van der Waals surface area contributed by atoms with Gasteiger partial charge in [0.05, 0.1) is 6.61 Å². The molecular formula is C14H30N2O2. The summed E-state index contributed by atoms with van der Waals surface area (Å²) in [6, 6.07) is 0.567. The molecule has 1 unspecified atom stereocenters. The van der Waals surface area contributed by atoms with Crippen molar-refractivity contribution in [2.24, 2.45) is 0 Å². The van der Waals surface area contributed by atoms with E-state index in [1.807, 2.05) is 6.92 Å². The van der Waals surface area contributed by atoms with Crippen LogP contribution in [0.4, 0.5) is 0 Å². The van der Waals surface area contributed by atoms with Crippen molar-refractivity contribution >= 4 is 5.97 Å². The predicted molar refractivity (Wildman–Crippen MR) is 75.7 cm³/mol. The Hall–Kier alpha value is -0.610. The van der Waals surface area contributed by atoms with Gasteiger partial charge in [0.2, 0.25) is 0 Å². The number of esters is 1. The van der Waals surface area contributed by atoms with Crippen molar-refractivity contribution in [2.75, 3.05) is 33.8 Å². The quantitative estimate of drug-likeness (QED) is 0.455. The molecule has 0 saturated heterocycles. The summed E-state index contributed by atoms with van der Waals surface area (Å²) in [5, 5.41) is 3.51. The van der Waals surface area contributed by atoms with Crippen LogP contribution in [0.25, 0.3) is 0 Å². The van der Waals surface area contributed by atoms with Crippen molar-refractivity contribution < 1.29 is 9.53 Å². The van der Waals surface area contributed by atoms with Gasteiger partial charge in [-0.15, -0.1) is 0 Å². The van der Waals surface area contributed by atoms with Crippen LogP contribution in [-0.4, -0.2) is 50.7 Å². The highest BCUT2D eigenvalue weighted by molar-refractivity contribution is 5.69. The molecule has 0 aromatic heterocycles. The van der Waals surface area contributed by atoms with Crippen molar-refractivity contribution in [1.29, 1.82) is 0 Å². The lowest BCUT2D eigenvalue weighted by Gasteiger charge is -2.16. The Morgan fingerprint density at radius 3 is 2.61 bits per heavy atom. The van der Waals surface area contributed by atoms with Crippen LogP contribution < -0.4 is 5.32 Å². The summed E-state index contributed by atoms with van der Waals surface area (Å²) >= 11 is 0. The SMILES string of the molecule is CCOC(=O)CCCCCNC(C)CCN(C)C. The lowest BCUT2D eigenvalue weighted by molar-refractivity contribution is -0.143. The standard InChI is InChI=1S/C14H30N2O2/c1-5-18-14(17)9-7-6-8-11-15-13(2)10-12-16(3)4/h13,15H,5-12H2,1-4H3. The van der Waals surface area contributed by atoms with E-state index in [1.54, 1.807) is 0 Å². The van der Waals surface area contributed by atoms with Gasteiger partial charge in [-0.2, -0.15) is 0 Å². The Balaban J connectivity index is 3.27. The van der Waals surface area contributed by atoms with Crippen LogP contribution in [-0.2, 0) is 9.53 Å². The van der Waals surface area contributed by atoms with Crippen LogP contribution in [0, 0.1) is 0 Å². The topological polar surface area (TPSA) is 41.6 Å². The van der Waals surface area contributed by atoms with Crippen molar-refractivity contribution in [3.63, 3.8) is 0 Å². The lowest BCUT2D eigenvalue weighted by atomic mass is 10.1. The van der Waals surface area contributed by atoms with E-state index in [0.29, 0.717) is 19.1 Å². The van der Waals surface area contributed by atoms with E-state index in [0.717, 1.165) is 32.4 Å². The zero-order valence-corrected chi connectivity index (χ0v) is 12.5. The Morgan fingerprint density at radius 1 is 1.28 bits per heavy atom. The van der Waals surface area contributed by atoms with E-state index >= 15 is 0 Å². The molecule has 1 atom stereocenters. The molecule has 108 valence electrons. The predicted octanol–water partition coefficient (Wildman–Crippen LogP) is 2.04. The number of hydrogen-bond acceptors (Lipinski definition) is 4. The third-order valence-electron chi connectivity index (χ3n) is 2.87. The molecule has 0 aliphatic carbocycles. The van der Waals surface area contributed by atoms with Crippen molar-refractivity contribution in [3.05, 3.63) is 0 Å². The van der Waals surface area contributed by atoms with E-state index in [1.165, 1.54) is 6.42 Å². The fraction of sp³-hybridized carbons (Fsp3) is 0.929. The third kappa shape index (κ3) is 11.9. The van der Waals surface area contributed by atoms with Gasteiger partial charge in [-0.3, -0.25) is 4.79 Å². The van der Waals surface area contributed by atoms with Gasteiger partial charge in [0, 0.05) is 12.5 Å². The molecule has 0 amide bonds. The summed E-state index contributed by atoms with van der Waals surface area (Å²) in [5.41, 5.74) is 0. The van der Waals surface area contributed by atoms with Gasteiger partial charge < -0.3 is 15.0 Å². The molecule has 0 aromatic rings. The molecule has 0 saturated carbocycles. The van der Waals surface area contributed by atoms with Crippen LogP contribution in [0.2, 0.25) is 0 Å². The smallest absolute Gasteiger partial charge is 0.305 e. The van der Waals surface area contributed by atoms with E-state index in [4.69, 9.17) is 4.74 Å². The van der Waals surface area contributed by atoms with E-state index in [9.17, 15) is 4.79 Å².